The lowest BCUT2D eigenvalue weighted by Crippen LogP contribution is -2.42. The third-order valence-electron chi connectivity index (χ3n) is 4.56. The third kappa shape index (κ3) is 3.71. The van der Waals surface area contributed by atoms with Crippen molar-refractivity contribution in [3.63, 3.8) is 0 Å². The van der Waals surface area contributed by atoms with Gasteiger partial charge in [0.05, 0.1) is 7.11 Å². The van der Waals surface area contributed by atoms with Crippen LogP contribution in [0, 0.1) is 11.8 Å². The fourth-order valence-corrected chi connectivity index (χ4v) is 3.31. The summed E-state index contributed by atoms with van der Waals surface area (Å²) in [6.07, 6.45) is 6.20. The summed E-state index contributed by atoms with van der Waals surface area (Å²) < 4.78 is 5.18. The number of benzene rings is 1. The van der Waals surface area contributed by atoms with Gasteiger partial charge in [-0.1, -0.05) is 31.9 Å². The topological polar surface area (TPSA) is 47.3 Å². The van der Waals surface area contributed by atoms with Crippen molar-refractivity contribution in [2.45, 2.75) is 45.1 Å². The van der Waals surface area contributed by atoms with Crippen molar-refractivity contribution >= 4 is 0 Å². The number of ether oxygens (including phenoxy) is 1. The van der Waals surface area contributed by atoms with Crippen LogP contribution in [-0.4, -0.2) is 13.2 Å². The molecule has 1 fully saturated rings. The largest absolute Gasteiger partial charge is 0.497 e. The molecule has 19 heavy (non-hydrogen) atoms. The van der Waals surface area contributed by atoms with Crippen LogP contribution >= 0.6 is 0 Å². The van der Waals surface area contributed by atoms with E-state index in [0.717, 1.165) is 30.4 Å². The van der Waals surface area contributed by atoms with E-state index >= 15 is 0 Å². The fraction of sp³-hybridized carbons (Fsp3) is 0.625. The molecule has 0 saturated heterocycles. The highest BCUT2D eigenvalue weighted by atomic mass is 16.5. The SMILES string of the molecule is COc1ccc(CCC(NN)C2CCCC2C)cc1. The smallest absolute Gasteiger partial charge is 0.118 e. The first-order valence-corrected chi connectivity index (χ1v) is 7.33. The maximum atomic E-state index is 5.75. The molecule has 0 aromatic heterocycles. The molecule has 3 unspecified atom stereocenters. The summed E-state index contributed by atoms with van der Waals surface area (Å²) in [5, 5.41) is 0. The van der Waals surface area contributed by atoms with E-state index in [1.807, 2.05) is 12.1 Å². The Morgan fingerprint density at radius 2 is 2.05 bits per heavy atom. The van der Waals surface area contributed by atoms with Crippen molar-refractivity contribution in [1.29, 1.82) is 0 Å². The van der Waals surface area contributed by atoms with Gasteiger partial charge in [0.15, 0.2) is 0 Å². The Hall–Kier alpha value is -1.06. The quantitative estimate of drug-likeness (QED) is 0.612. The summed E-state index contributed by atoms with van der Waals surface area (Å²) in [6.45, 7) is 2.36. The van der Waals surface area contributed by atoms with Crippen LogP contribution in [0.4, 0.5) is 0 Å². The number of hydrogen-bond donors (Lipinski definition) is 2. The summed E-state index contributed by atoms with van der Waals surface area (Å²) in [5.41, 5.74) is 4.40. The van der Waals surface area contributed by atoms with Crippen LogP contribution in [0.15, 0.2) is 24.3 Å². The minimum atomic E-state index is 0.444. The lowest BCUT2D eigenvalue weighted by atomic mass is 9.87. The Kier molecular flexibility index (Phi) is 5.23. The first kappa shape index (κ1) is 14.4. The molecule has 0 spiro atoms. The van der Waals surface area contributed by atoms with E-state index in [1.165, 1.54) is 24.8 Å². The second-order valence-corrected chi connectivity index (χ2v) is 5.73. The van der Waals surface area contributed by atoms with Gasteiger partial charge in [-0.25, -0.2) is 0 Å². The van der Waals surface area contributed by atoms with Crippen LogP contribution in [0.2, 0.25) is 0 Å². The Bertz CT molecular complexity index is 377. The van der Waals surface area contributed by atoms with Crippen LogP contribution in [-0.2, 0) is 6.42 Å². The molecule has 0 aliphatic heterocycles. The Morgan fingerprint density at radius 1 is 1.32 bits per heavy atom. The van der Waals surface area contributed by atoms with Gasteiger partial charge >= 0.3 is 0 Å². The number of nitrogens with two attached hydrogens (primary N) is 1. The standard InChI is InChI=1S/C16H26N2O/c1-12-4-3-5-15(12)16(18-17)11-8-13-6-9-14(19-2)10-7-13/h6-7,9-10,12,15-16,18H,3-5,8,11,17H2,1-2H3. The van der Waals surface area contributed by atoms with Gasteiger partial charge in [-0.2, -0.15) is 0 Å². The van der Waals surface area contributed by atoms with E-state index in [1.54, 1.807) is 7.11 Å². The van der Waals surface area contributed by atoms with Gasteiger partial charge in [-0.3, -0.25) is 11.3 Å². The monoisotopic (exact) mass is 262 g/mol. The van der Waals surface area contributed by atoms with Crippen molar-refractivity contribution < 1.29 is 4.74 Å². The predicted molar refractivity (Wildman–Crippen MR) is 78.9 cm³/mol. The molecule has 106 valence electrons. The van der Waals surface area contributed by atoms with E-state index < -0.39 is 0 Å². The fourth-order valence-electron chi connectivity index (χ4n) is 3.31. The van der Waals surface area contributed by atoms with Crippen LogP contribution in [0.1, 0.15) is 38.2 Å². The number of aryl methyl sites for hydroxylation is 1. The minimum absolute atomic E-state index is 0.444. The van der Waals surface area contributed by atoms with E-state index in [0.29, 0.717) is 6.04 Å². The van der Waals surface area contributed by atoms with Crippen molar-refractivity contribution in [2.24, 2.45) is 17.7 Å². The Morgan fingerprint density at radius 3 is 2.58 bits per heavy atom. The molecule has 0 amide bonds. The van der Waals surface area contributed by atoms with Crippen LogP contribution in [0.5, 0.6) is 5.75 Å². The van der Waals surface area contributed by atoms with Gasteiger partial charge in [0, 0.05) is 6.04 Å². The van der Waals surface area contributed by atoms with Crippen LogP contribution in [0.25, 0.3) is 0 Å². The molecule has 2 rings (SSSR count). The van der Waals surface area contributed by atoms with E-state index in [2.05, 4.69) is 24.5 Å². The number of rotatable bonds is 6. The number of nitrogens with one attached hydrogen (secondary N) is 1. The van der Waals surface area contributed by atoms with Gasteiger partial charge in [0.25, 0.3) is 0 Å². The van der Waals surface area contributed by atoms with E-state index in [9.17, 15) is 0 Å². The molecular weight excluding hydrogens is 236 g/mol. The highest BCUT2D eigenvalue weighted by molar-refractivity contribution is 5.27. The van der Waals surface area contributed by atoms with Crippen molar-refractivity contribution in [3.05, 3.63) is 29.8 Å². The average Bonchev–Trinajstić information content (AvgIpc) is 2.87. The second-order valence-electron chi connectivity index (χ2n) is 5.73. The van der Waals surface area contributed by atoms with Gasteiger partial charge in [-0.05, 0) is 48.8 Å². The molecule has 3 heteroatoms. The van der Waals surface area contributed by atoms with Crippen LogP contribution < -0.4 is 16.0 Å². The van der Waals surface area contributed by atoms with Gasteiger partial charge < -0.3 is 4.74 Å². The molecule has 0 bridgehead atoms. The normalized spacial score (nSPS) is 24.4. The minimum Gasteiger partial charge on any atom is -0.497 e. The summed E-state index contributed by atoms with van der Waals surface area (Å²) >= 11 is 0. The lowest BCUT2D eigenvalue weighted by molar-refractivity contribution is 0.286. The zero-order valence-electron chi connectivity index (χ0n) is 12.1. The van der Waals surface area contributed by atoms with Gasteiger partial charge in [-0.15, -0.1) is 0 Å². The van der Waals surface area contributed by atoms with Gasteiger partial charge in [0.2, 0.25) is 0 Å². The molecule has 3 nitrogen and oxygen atoms in total. The lowest BCUT2D eigenvalue weighted by Gasteiger charge is -2.26. The van der Waals surface area contributed by atoms with E-state index in [-0.39, 0.29) is 0 Å². The molecule has 1 aliphatic carbocycles. The summed E-state index contributed by atoms with van der Waals surface area (Å²) in [4.78, 5) is 0. The molecule has 1 aliphatic rings. The molecule has 1 aromatic carbocycles. The highest BCUT2D eigenvalue weighted by Crippen LogP contribution is 2.34. The summed E-state index contributed by atoms with van der Waals surface area (Å²) in [5.74, 6) is 8.21. The molecule has 1 aromatic rings. The maximum absolute atomic E-state index is 5.75. The predicted octanol–water partition coefficient (Wildman–Crippen LogP) is 2.90. The van der Waals surface area contributed by atoms with Gasteiger partial charge in [0.1, 0.15) is 5.75 Å². The first-order chi connectivity index (χ1) is 9.24. The van der Waals surface area contributed by atoms with Crippen LogP contribution in [0.3, 0.4) is 0 Å². The van der Waals surface area contributed by atoms with Crippen molar-refractivity contribution in [3.8, 4) is 5.75 Å². The first-order valence-electron chi connectivity index (χ1n) is 7.33. The Balaban J connectivity index is 1.88. The van der Waals surface area contributed by atoms with Crippen molar-refractivity contribution in [1.82, 2.24) is 5.43 Å². The maximum Gasteiger partial charge on any atom is 0.118 e. The molecule has 1 saturated carbocycles. The molecule has 0 radical (unpaired) electrons. The van der Waals surface area contributed by atoms with E-state index in [4.69, 9.17) is 10.6 Å². The summed E-state index contributed by atoms with van der Waals surface area (Å²) in [6, 6.07) is 8.78. The average molecular weight is 262 g/mol. The summed E-state index contributed by atoms with van der Waals surface area (Å²) in [7, 11) is 1.70. The highest BCUT2D eigenvalue weighted by Gasteiger charge is 2.29. The molecular formula is C16H26N2O. The number of methoxy groups -OCH3 is 1. The van der Waals surface area contributed by atoms with Crippen molar-refractivity contribution in [2.75, 3.05) is 7.11 Å². The number of hydrogen-bond acceptors (Lipinski definition) is 3. The third-order valence-corrected chi connectivity index (χ3v) is 4.56. The molecule has 3 atom stereocenters. The second kappa shape index (κ2) is 6.92. The molecule has 3 N–H and O–H groups in total. The Labute approximate surface area is 116 Å². The number of hydrazine groups is 1. The zero-order valence-corrected chi connectivity index (χ0v) is 12.1. The molecule has 0 heterocycles. The zero-order chi connectivity index (χ0) is 13.7.